The molecule has 0 spiro atoms. The predicted octanol–water partition coefficient (Wildman–Crippen LogP) is 3.14. The van der Waals surface area contributed by atoms with Crippen molar-refractivity contribution in [3.63, 3.8) is 0 Å². The second-order valence-electron chi connectivity index (χ2n) is 5.80. The van der Waals surface area contributed by atoms with E-state index >= 15 is 0 Å². The monoisotopic (exact) mass is 321 g/mol. The van der Waals surface area contributed by atoms with Gasteiger partial charge in [0.1, 0.15) is 0 Å². The van der Waals surface area contributed by atoms with Crippen molar-refractivity contribution in [3.05, 3.63) is 32.5 Å². The Kier molecular flexibility index (Phi) is 3.99. The van der Waals surface area contributed by atoms with Gasteiger partial charge in [-0.3, -0.25) is 4.79 Å². The summed E-state index contributed by atoms with van der Waals surface area (Å²) in [5, 5.41) is 3.49. The first-order valence-electron chi connectivity index (χ1n) is 7.13. The largest absolute Gasteiger partial charge is 0.375 e. The van der Waals surface area contributed by atoms with Gasteiger partial charge in [0.2, 0.25) is 5.91 Å². The van der Waals surface area contributed by atoms with Crippen LogP contribution in [0.15, 0.2) is 12.1 Å². The van der Waals surface area contributed by atoms with Crippen molar-refractivity contribution in [1.29, 1.82) is 0 Å². The lowest BCUT2D eigenvalue weighted by Crippen LogP contribution is -2.21. The molecule has 0 bridgehead atoms. The molecule has 112 valence electrons. The quantitative estimate of drug-likeness (QED) is 0.912. The van der Waals surface area contributed by atoms with Crippen LogP contribution in [-0.2, 0) is 17.8 Å². The first-order valence-corrected chi connectivity index (χ1v) is 8.76. The summed E-state index contributed by atoms with van der Waals surface area (Å²) in [6.45, 7) is 4.93. The van der Waals surface area contributed by atoms with Gasteiger partial charge in [-0.1, -0.05) is 13.8 Å². The Balaban J connectivity index is 1.95. The number of thiazole rings is 1. The van der Waals surface area contributed by atoms with Gasteiger partial charge in [0.25, 0.3) is 0 Å². The number of aromatic nitrogens is 1. The van der Waals surface area contributed by atoms with Crippen LogP contribution >= 0.6 is 22.7 Å². The van der Waals surface area contributed by atoms with Crippen LogP contribution in [0.5, 0.6) is 0 Å². The predicted molar refractivity (Wildman–Crippen MR) is 87.7 cm³/mol. The van der Waals surface area contributed by atoms with Crippen molar-refractivity contribution in [2.24, 2.45) is 5.92 Å². The Labute approximate surface area is 132 Å². The van der Waals surface area contributed by atoms with E-state index < -0.39 is 0 Å². The zero-order chi connectivity index (χ0) is 15.0. The maximum absolute atomic E-state index is 11.9. The fourth-order valence-electron chi connectivity index (χ4n) is 2.64. The minimum Gasteiger partial charge on any atom is -0.375 e. The highest BCUT2D eigenvalue weighted by Crippen LogP contribution is 2.40. The molecule has 4 nitrogen and oxygen atoms in total. The van der Waals surface area contributed by atoms with Crippen molar-refractivity contribution < 1.29 is 4.79 Å². The third-order valence-electron chi connectivity index (χ3n) is 3.54. The topological polar surface area (TPSA) is 68.0 Å². The highest BCUT2D eigenvalue weighted by molar-refractivity contribution is 7.16. The lowest BCUT2D eigenvalue weighted by Gasteiger charge is -2.10. The summed E-state index contributed by atoms with van der Waals surface area (Å²) in [5.41, 5.74) is 6.78. The Hall–Kier alpha value is -1.40. The molecule has 0 aliphatic carbocycles. The molecule has 1 unspecified atom stereocenters. The molecule has 0 saturated carbocycles. The fraction of sp³-hybridized carbons (Fsp3) is 0.467. The number of rotatable bonds is 3. The average Bonchev–Trinajstić information content (AvgIpc) is 2.96. The van der Waals surface area contributed by atoms with Crippen molar-refractivity contribution in [3.8, 4) is 0 Å². The SMILES string of the molecule is CC(C)Cc1ccc(C2CC(=O)NCc3nc(N)sc32)s1. The minimum atomic E-state index is 0.0857. The summed E-state index contributed by atoms with van der Waals surface area (Å²) in [6.07, 6.45) is 1.57. The third kappa shape index (κ3) is 3.11. The van der Waals surface area contributed by atoms with Crippen molar-refractivity contribution in [1.82, 2.24) is 10.3 Å². The molecule has 2 aromatic rings. The molecule has 1 aliphatic rings. The summed E-state index contributed by atoms with van der Waals surface area (Å²) >= 11 is 3.32. The number of nitrogen functional groups attached to an aromatic ring is 1. The summed E-state index contributed by atoms with van der Waals surface area (Å²) in [6, 6.07) is 4.35. The van der Waals surface area contributed by atoms with Crippen LogP contribution in [0, 0.1) is 5.92 Å². The second kappa shape index (κ2) is 5.77. The van der Waals surface area contributed by atoms with E-state index in [4.69, 9.17) is 5.73 Å². The van der Waals surface area contributed by atoms with Crippen molar-refractivity contribution in [2.45, 2.75) is 39.2 Å². The minimum absolute atomic E-state index is 0.0857. The van der Waals surface area contributed by atoms with E-state index in [2.05, 4.69) is 36.3 Å². The van der Waals surface area contributed by atoms with Gasteiger partial charge in [-0.2, -0.15) is 0 Å². The summed E-state index contributed by atoms with van der Waals surface area (Å²) in [7, 11) is 0. The smallest absolute Gasteiger partial charge is 0.221 e. The Morgan fingerprint density at radius 2 is 2.24 bits per heavy atom. The summed E-state index contributed by atoms with van der Waals surface area (Å²) in [4.78, 5) is 20.1. The van der Waals surface area contributed by atoms with E-state index in [0.29, 0.717) is 24.0 Å². The van der Waals surface area contributed by atoms with Gasteiger partial charge in [0.05, 0.1) is 12.2 Å². The molecule has 0 radical (unpaired) electrons. The van der Waals surface area contributed by atoms with Crippen LogP contribution in [0.25, 0.3) is 0 Å². The zero-order valence-electron chi connectivity index (χ0n) is 12.2. The average molecular weight is 321 g/mol. The van der Waals surface area contributed by atoms with Crippen molar-refractivity contribution >= 4 is 33.7 Å². The zero-order valence-corrected chi connectivity index (χ0v) is 13.8. The van der Waals surface area contributed by atoms with E-state index in [1.807, 2.05) is 11.3 Å². The fourth-order valence-corrected chi connectivity index (χ4v) is 5.02. The molecule has 0 saturated heterocycles. The number of nitrogens with one attached hydrogen (secondary N) is 1. The molecule has 3 heterocycles. The maximum atomic E-state index is 11.9. The maximum Gasteiger partial charge on any atom is 0.221 e. The molecule has 1 amide bonds. The van der Waals surface area contributed by atoms with Gasteiger partial charge in [0.15, 0.2) is 5.13 Å². The number of nitrogens with two attached hydrogens (primary N) is 1. The molecule has 2 aromatic heterocycles. The molecule has 6 heteroatoms. The first kappa shape index (κ1) is 14.5. The number of hydrogen-bond acceptors (Lipinski definition) is 5. The van der Waals surface area contributed by atoms with E-state index in [1.165, 1.54) is 21.1 Å². The molecule has 0 fully saturated rings. The summed E-state index contributed by atoms with van der Waals surface area (Å²) < 4.78 is 0. The standard InChI is InChI=1S/C15H19N3OS2/c1-8(2)5-9-3-4-12(20-9)10-6-13(19)17-7-11-14(10)21-15(16)18-11/h3-4,8,10H,5-7H2,1-2H3,(H2,16,18)(H,17,19). The van der Waals surface area contributed by atoms with E-state index in [-0.39, 0.29) is 11.8 Å². The molecular formula is C15H19N3OS2. The summed E-state index contributed by atoms with van der Waals surface area (Å²) in [5.74, 6) is 0.828. The van der Waals surface area contributed by atoms with Crippen LogP contribution < -0.4 is 11.1 Å². The van der Waals surface area contributed by atoms with Gasteiger partial charge < -0.3 is 11.1 Å². The highest BCUT2D eigenvalue weighted by Gasteiger charge is 2.28. The van der Waals surface area contributed by atoms with Crippen LogP contribution in [0.2, 0.25) is 0 Å². The number of carbonyl (C=O) groups is 1. The Bertz CT molecular complexity index is 660. The Morgan fingerprint density at radius 1 is 1.43 bits per heavy atom. The second-order valence-corrected chi connectivity index (χ2v) is 8.06. The van der Waals surface area contributed by atoms with E-state index in [1.54, 1.807) is 0 Å². The van der Waals surface area contributed by atoms with Gasteiger partial charge in [-0.05, 0) is 24.5 Å². The Morgan fingerprint density at radius 3 is 3.00 bits per heavy atom. The molecule has 3 rings (SSSR count). The van der Waals surface area contributed by atoms with Gasteiger partial charge in [0, 0.05) is 27.0 Å². The molecule has 3 N–H and O–H groups in total. The normalized spacial score (nSPS) is 18.4. The van der Waals surface area contributed by atoms with Crippen LogP contribution in [-0.4, -0.2) is 10.9 Å². The number of amides is 1. The van der Waals surface area contributed by atoms with Crippen molar-refractivity contribution in [2.75, 3.05) is 5.73 Å². The van der Waals surface area contributed by atoms with Crippen LogP contribution in [0.4, 0.5) is 5.13 Å². The number of carbonyl (C=O) groups excluding carboxylic acids is 1. The number of anilines is 1. The van der Waals surface area contributed by atoms with E-state index in [9.17, 15) is 4.79 Å². The molecular weight excluding hydrogens is 302 g/mol. The number of fused-ring (bicyclic) bond motifs is 1. The number of nitrogens with zero attached hydrogens (tertiary/aromatic N) is 1. The third-order valence-corrected chi connectivity index (χ3v) is 5.80. The lowest BCUT2D eigenvalue weighted by molar-refractivity contribution is -0.121. The van der Waals surface area contributed by atoms with Gasteiger partial charge in [-0.25, -0.2) is 4.98 Å². The number of thiophene rings is 1. The molecule has 0 aromatic carbocycles. The highest BCUT2D eigenvalue weighted by atomic mass is 32.1. The van der Waals surface area contributed by atoms with Gasteiger partial charge in [-0.15, -0.1) is 22.7 Å². The molecule has 21 heavy (non-hydrogen) atoms. The van der Waals surface area contributed by atoms with Gasteiger partial charge >= 0.3 is 0 Å². The molecule has 1 aliphatic heterocycles. The van der Waals surface area contributed by atoms with Crippen LogP contribution in [0.3, 0.4) is 0 Å². The number of hydrogen-bond donors (Lipinski definition) is 2. The van der Waals surface area contributed by atoms with Crippen LogP contribution in [0.1, 0.15) is 46.5 Å². The van der Waals surface area contributed by atoms with E-state index in [0.717, 1.165) is 17.0 Å². The molecule has 1 atom stereocenters. The first-order chi connectivity index (χ1) is 10.0. The lowest BCUT2D eigenvalue weighted by atomic mass is 10.0.